The monoisotopic (exact) mass is 254 g/mol. The fourth-order valence-electron chi connectivity index (χ4n) is 3.22. The van der Waals surface area contributed by atoms with E-state index in [1.807, 2.05) is 11.9 Å². The zero-order valence-corrected chi connectivity index (χ0v) is 11.7. The fourth-order valence-corrected chi connectivity index (χ4v) is 3.22. The Balaban J connectivity index is 2.03. The standard InChI is InChI=1S/C14H26N2O2/c1-3-14(7-4-8-15-11-14)13(17)16(2)12-5-9-18-10-6-12/h12,15H,3-11H2,1-2H3. The summed E-state index contributed by atoms with van der Waals surface area (Å²) >= 11 is 0. The molecule has 2 rings (SSSR count). The number of piperidine rings is 1. The van der Waals surface area contributed by atoms with Gasteiger partial charge in [-0.15, -0.1) is 0 Å². The normalized spacial score (nSPS) is 30.1. The molecule has 2 aliphatic heterocycles. The van der Waals surface area contributed by atoms with E-state index in [4.69, 9.17) is 4.74 Å². The second-order valence-corrected chi connectivity index (χ2v) is 5.67. The summed E-state index contributed by atoms with van der Waals surface area (Å²) in [7, 11) is 1.98. The van der Waals surface area contributed by atoms with E-state index in [9.17, 15) is 4.79 Å². The van der Waals surface area contributed by atoms with Gasteiger partial charge in [-0.05, 0) is 38.6 Å². The van der Waals surface area contributed by atoms with Gasteiger partial charge in [0.05, 0.1) is 5.41 Å². The highest BCUT2D eigenvalue weighted by molar-refractivity contribution is 5.83. The van der Waals surface area contributed by atoms with Crippen molar-refractivity contribution in [2.75, 3.05) is 33.4 Å². The van der Waals surface area contributed by atoms with E-state index in [1.54, 1.807) is 0 Å². The SMILES string of the molecule is CCC1(C(=O)N(C)C2CCOCC2)CCCNC1. The Morgan fingerprint density at radius 3 is 2.72 bits per heavy atom. The second-order valence-electron chi connectivity index (χ2n) is 5.67. The van der Waals surface area contributed by atoms with Crippen LogP contribution in [0.4, 0.5) is 0 Å². The number of hydrogen-bond donors (Lipinski definition) is 1. The predicted octanol–water partition coefficient (Wildman–Crippen LogP) is 1.40. The van der Waals surface area contributed by atoms with E-state index in [0.29, 0.717) is 11.9 Å². The van der Waals surface area contributed by atoms with Crippen molar-refractivity contribution in [1.82, 2.24) is 10.2 Å². The fraction of sp³-hybridized carbons (Fsp3) is 0.929. The third kappa shape index (κ3) is 2.69. The van der Waals surface area contributed by atoms with Gasteiger partial charge in [0.2, 0.25) is 5.91 Å². The average Bonchev–Trinajstić information content (AvgIpc) is 2.47. The van der Waals surface area contributed by atoms with Crippen molar-refractivity contribution < 1.29 is 9.53 Å². The van der Waals surface area contributed by atoms with Crippen LogP contribution < -0.4 is 5.32 Å². The highest BCUT2D eigenvalue weighted by atomic mass is 16.5. The number of ether oxygens (including phenoxy) is 1. The van der Waals surface area contributed by atoms with Crippen molar-refractivity contribution >= 4 is 5.91 Å². The summed E-state index contributed by atoms with van der Waals surface area (Å²) in [6, 6.07) is 0.372. The summed E-state index contributed by atoms with van der Waals surface area (Å²) in [4.78, 5) is 14.8. The Morgan fingerprint density at radius 1 is 1.44 bits per heavy atom. The molecule has 0 aliphatic carbocycles. The smallest absolute Gasteiger partial charge is 0.230 e. The molecule has 2 fully saturated rings. The molecule has 4 heteroatoms. The maximum atomic E-state index is 12.8. The molecule has 18 heavy (non-hydrogen) atoms. The maximum absolute atomic E-state index is 12.8. The van der Waals surface area contributed by atoms with Crippen LogP contribution in [0.2, 0.25) is 0 Å². The quantitative estimate of drug-likeness (QED) is 0.828. The Morgan fingerprint density at radius 2 is 2.17 bits per heavy atom. The molecule has 1 atom stereocenters. The Hall–Kier alpha value is -0.610. The Labute approximate surface area is 110 Å². The van der Waals surface area contributed by atoms with Crippen LogP contribution in [0.25, 0.3) is 0 Å². The van der Waals surface area contributed by atoms with Crippen LogP contribution in [0.15, 0.2) is 0 Å². The largest absolute Gasteiger partial charge is 0.381 e. The van der Waals surface area contributed by atoms with Crippen molar-refractivity contribution in [2.24, 2.45) is 5.41 Å². The molecule has 4 nitrogen and oxygen atoms in total. The molecular weight excluding hydrogens is 228 g/mol. The molecule has 0 radical (unpaired) electrons. The van der Waals surface area contributed by atoms with Crippen LogP contribution in [-0.4, -0.2) is 50.2 Å². The molecule has 0 saturated carbocycles. The first-order valence-electron chi connectivity index (χ1n) is 7.25. The van der Waals surface area contributed by atoms with Gasteiger partial charge >= 0.3 is 0 Å². The van der Waals surface area contributed by atoms with Gasteiger partial charge in [0.1, 0.15) is 0 Å². The molecule has 0 spiro atoms. The lowest BCUT2D eigenvalue weighted by molar-refractivity contribution is -0.146. The summed E-state index contributed by atoms with van der Waals surface area (Å²) < 4.78 is 5.38. The third-order valence-corrected chi connectivity index (χ3v) is 4.66. The van der Waals surface area contributed by atoms with E-state index in [0.717, 1.165) is 58.4 Å². The lowest BCUT2D eigenvalue weighted by Gasteiger charge is -2.41. The number of rotatable bonds is 3. The zero-order valence-electron chi connectivity index (χ0n) is 11.7. The number of carbonyl (C=O) groups excluding carboxylic acids is 1. The van der Waals surface area contributed by atoms with Crippen molar-refractivity contribution in [3.63, 3.8) is 0 Å². The number of hydrogen-bond acceptors (Lipinski definition) is 3. The molecule has 0 bridgehead atoms. The van der Waals surface area contributed by atoms with E-state index < -0.39 is 0 Å². The molecule has 2 heterocycles. The summed E-state index contributed by atoms with van der Waals surface area (Å²) in [6.07, 6.45) is 5.04. The minimum Gasteiger partial charge on any atom is -0.381 e. The van der Waals surface area contributed by atoms with Gasteiger partial charge in [-0.3, -0.25) is 4.79 Å². The van der Waals surface area contributed by atoms with Gasteiger partial charge in [-0.1, -0.05) is 6.92 Å². The predicted molar refractivity (Wildman–Crippen MR) is 71.4 cm³/mol. The first kappa shape index (κ1) is 13.8. The lowest BCUT2D eigenvalue weighted by Crippen LogP contribution is -2.53. The van der Waals surface area contributed by atoms with E-state index in [-0.39, 0.29) is 5.41 Å². The minimum absolute atomic E-state index is 0.161. The second kappa shape index (κ2) is 6.02. The lowest BCUT2D eigenvalue weighted by atomic mass is 9.76. The van der Waals surface area contributed by atoms with Gasteiger partial charge in [0.15, 0.2) is 0 Å². The van der Waals surface area contributed by atoms with Crippen molar-refractivity contribution in [1.29, 1.82) is 0 Å². The van der Waals surface area contributed by atoms with E-state index >= 15 is 0 Å². The average molecular weight is 254 g/mol. The minimum atomic E-state index is -0.161. The van der Waals surface area contributed by atoms with Gasteiger partial charge in [0.25, 0.3) is 0 Å². The Bertz CT molecular complexity index is 282. The summed E-state index contributed by atoms with van der Waals surface area (Å²) in [5.41, 5.74) is -0.161. The molecule has 2 saturated heterocycles. The van der Waals surface area contributed by atoms with E-state index in [1.165, 1.54) is 0 Å². The van der Waals surface area contributed by atoms with Crippen LogP contribution in [0.1, 0.15) is 39.0 Å². The van der Waals surface area contributed by atoms with Crippen LogP contribution >= 0.6 is 0 Å². The molecular formula is C14H26N2O2. The van der Waals surface area contributed by atoms with Crippen molar-refractivity contribution in [3.05, 3.63) is 0 Å². The number of carbonyl (C=O) groups is 1. The van der Waals surface area contributed by atoms with Gasteiger partial charge in [-0.2, -0.15) is 0 Å². The molecule has 1 N–H and O–H groups in total. The molecule has 1 amide bonds. The Kier molecular flexibility index (Phi) is 4.62. The van der Waals surface area contributed by atoms with Crippen LogP contribution in [-0.2, 0) is 9.53 Å². The molecule has 0 aromatic carbocycles. The topological polar surface area (TPSA) is 41.6 Å². The van der Waals surface area contributed by atoms with Gasteiger partial charge in [-0.25, -0.2) is 0 Å². The molecule has 1 unspecified atom stereocenters. The molecule has 0 aromatic heterocycles. The number of nitrogens with one attached hydrogen (secondary N) is 1. The van der Waals surface area contributed by atoms with E-state index in [2.05, 4.69) is 12.2 Å². The van der Waals surface area contributed by atoms with Gasteiger partial charge < -0.3 is 15.0 Å². The first-order chi connectivity index (χ1) is 8.69. The highest BCUT2D eigenvalue weighted by Crippen LogP contribution is 2.33. The van der Waals surface area contributed by atoms with Crippen LogP contribution in [0.5, 0.6) is 0 Å². The third-order valence-electron chi connectivity index (χ3n) is 4.66. The zero-order chi connectivity index (χ0) is 13.0. The first-order valence-corrected chi connectivity index (χ1v) is 7.25. The summed E-state index contributed by atoms with van der Waals surface area (Å²) in [6.45, 7) is 5.62. The molecule has 104 valence electrons. The summed E-state index contributed by atoms with van der Waals surface area (Å²) in [5.74, 6) is 0.337. The highest BCUT2D eigenvalue weighted by Gasteiger charge is 2.41. The molecule has 2 aliphatic rings. The summed E-state index contributed by atoms with van der Waals surface area (Å²) in [5, 5.41) is 3.39. The number of amides is 1. The number of nitrogens with zero attached hydrogens (tertiary/aromatic N) is 1. The van der Waals surface area contributed by atoms with Crippen molar-refractivity contribution in [2.45, 2.75) is 45.1 Å². The van der Waals surface area contributed by atoms with Gasteiger partial charge in [0, 0.05) is 32.8 Å². The van der Waals surface area contributed by atoms with Crippen LogP contribution in [0.3, 0.4) is 0 Å². The molecule has 0 aromatic rings. The maximum Gasteiger partial charge on any atom is 0.230 e. The van der Waals surface area contributed by atoms with Crippen LogP contribution in [0, 0.1) is 5.41 Å². The van der Waals surface area contributed by atoms with Crippen molar-refractivity contribution in [3.8, 4) is 0 Å².